The fourth-order valence-corrected chi connectivity index (χ4v) is 4.45. The van der Waals surface area contributed by atoms with Crippen LogP contribution in [-0.4, -0.2) is 56.8 Å². The van der Waals surface area contributed by atoms with Crippen molar-refractivity contribution in [1.29, 1.82) is 0 Å². The Morgan fingerprint density at radius 2 is 2.07 bits per heavy atom. The van der Waals surface area contributed by atoms with Crippen molar-refractivity contribution >= 4 is 28.8 Å². The Morgan fingerprint density at radius 3 is 2.72 bits per heavy atom. The van der Waals surface area contributed by atoms with Gasteiger partial charge in [-0.3, -0.25) is 4.79 Å². The van der Waals surface area contributed by atoms with Crippen molar-refractivity contribution in [2.45, 2.75) is 31.0 Å². The van der Waals surface area contributed by atoms with Crippen LogP contribution in [-0.2, 0) is 4.79 Å². The van der Waals surface area contributed by atoms with Gasteiger partial charge in [0.05, 0.1) is 0 Å². The summed E-state index contributed by atoms with van der Waals surface area (Å²) in [7, 11) is 0. The molecule has 29 heavy (non-hydrogen) atoms. The summed E-state index contributed by atoms with van der Waals surface area (Å²) in [4.78, 5) is 21.8. The highest BCUT2D eigenvalue weighted by molar-refractivity contribution is 7.13. The van der Waals surface area contributed by atoms with E-state index in [-0.39, 0.29) is 11.4 Å². The third kappa shape index (κ3) is 3.17. The maximum absolute atomic E-state index is 13.8. The van der Waals surface area contributed by atoms with Gasteiger partial charge >= 0.3 is 12.0 Å². The van der Waals surface area contributed by atoms with Gasteiger partial charge in [-0.2, -0.15) is 13.8 Å². The Balaban J connectivity index is 1.60. The molecule has 0 aromatic carbocycles. The zero-order chi connectivity index (χ0) is 20.2. The predicted octanol–water partition coefficient (Wildman–Crippen LogP) is 1.25. The number of hydrogen-bond acceptors (Lipinski definition) is 8. The molecule has 3 aromatic rings. The van der Waals surface area contributed by atoms with Crippen LogP contribution in [0, 0.1) is 0 Å². The molecule has 5 heterocycles. The number of amides is 1. The Morgan fingerprint density at radius 1 is 1.31 bits per heavy atom. The van der Waals surface area contributed by atoms with Crippen LogP contribution in [0.25, 0.3) is 16.3 Å². The van der Waals surface area contributed by atoms with E-state index >= 15 is 0 Å². The molecule has 1 amide bonds. The van der Waals surface area contributed by atoms with Gasteiger partial charge < -0.3 is 20.7 Å². The standard InChI is InChI=1S/C17H17F2N7O2S/c18-17(19,15(20)27)28-12-4-3-11(14-21-5-6-29-14)26-13(12)23-16(24-26)25-7-9-1-2-10(8-25)22-9/h3-6,9-10,22H,1-2,7-8H2,(H2,20,27). The van der Waals surface area contributed by atoms with Crippen LogP contribution in [0.2, 0.25) is 0 Å². The molecule has 0 radical (unpaired) electrons. The summed E-state index contributed by atoms with van der Waals surface area (Å²) in [6, 6.07) is 3.59. The number of thiazole rings is 1. The molecule has 5 rings (SSSR count). The first-order valence-corrected chi connectivity index (χ1v) is 9.96. The number of halogens is 2. The van der Waals surface area contributed by atoms with Crippen molar-refractivity contribution in [1.82, 2.24) is 24.9 Å². The summed E-state index contributed by atoms with van der Waals surface area (Å²) in [6.45, 7) is 1.46. The molecule has 2 bridgehead atoms. The van der Waals surface area contributed by atoms with Crippen LogP contribution >= 0.6 is 11.3 Å². The summed E-state index contributed by atoms with van der Waals surface area (Å²) in [5, 5.41) is 10.5. The lowest BCUT2D eigenvalue weighted by Crippen LogP contribution is -2.51. The quantitative estimate of drug-likeness (QED) is 0.638. The Hall–Kier alpha value is -2.86. The monoisotopic (exact) mass is 421 g/mol. The summed E-state index contributed by atoms with van der Waals surface area (Å²) in [5.41, 5.74) is 5.40. The van der Waals surface area contributed by atoms with Gasteiger partial charge in [-0.15, -0.1) is 16.4 Å². The Bertz CT molecular complexity index is 1060. The first-order chi connectivity index (χ1) is 13.9. The molecule has 3 N–H and O–H groups in total. The summed E-state index contributed by atoms with van der Waals surface area (Å²) >= 11 is 1.38. The molecule has 2 saturated heterocycles. The molecule has 3 aromatic heterocycles. The third-order valence-electron chi connectivity index (χ3n) is 5.11. The molecule has 0 saturated carbocycles. The number of piperazine rings is 1. The van der Waals surface area contributed by atoms with Crippen LogP contribution in [0.3, 0.4) is 0 Å². The summed E-state index contributed by atoms with van der Waals surface area (Å²) in [5.74, 6) is -1.75. The van der Waals surface area contributed by atoms with E-state index in [2.05, 4.69) is 25.1 Å². The van der Waals surface area contributed by atoms with Gasteiger partial charge in [0, 0.05) is 36.8 Å². The fourth-order valence-electron chi connectivity index (χ4n) is 3.80. The average Bonchev–Trinajstić information content (AvgIpc) is 3.42. The van der Waals surface area contributed by atoms with Gasteiger partial charge in [0.15, 0.2) is 5.75 Å². The van der Waals surface area contributed by atoms with E-state index in [0.29, 0.717) is 28.7 Å². The SMILES string of the molecule is NC(=O)C(F)(F)Oc1ccc(-c2nccs2)n2nc(N3CC4CCC(C3)N4)nc12. The van der Waals surface area contributed by atoms with Crippen molar-refractivity contribution in [3.05, 3.63) is 23.7 Å². The van der Waals surface area contributed by atoms with Gasteiger partial charge in [0.2, 0.25) is 11.6 Å². The van der Waals surface area contributed by atoms with Crippen LogP contribution in [0.15, 0.2) is 23.7 Å². The minimum absolute atomic E-state index is 0.0690. The van der Waals surface area contributed by atoms with E-state index in [0.717, 1.165) is 25.9 Å². The van der Waals surface area contributed by atoms with E-state index in [1.807, 2.05) is 4.90 Å². The normalized spacial score (nSPS) is 21.7. The number of pyridine rings is 1. The van der Waals surface area contributed by atoms with E-state index in [9.17, 15) is 13.6 Å². The number of carbonyl (C=O) groups excluding carboxylic acids is 1. The molecular weight excluding hydrogens is 404 g/mol. The lowest BCUT2D eigenvalue weighted by molar-refractivity contribution is -0.189. The number of nitrogens with zero attached hydrogens (tertiary/aromatic N) is 5. The van der Waals surface area contributed by atoms with Crippen LogP contribution in [0.5, 0.6) is 5.75 Å². The minimum atomic E-state index is -4.16. The van der Waals surface area contributed by atoms with Crippen molar-refractivity contribution in [2.75, 3.05) is 18.0 Å². The van der Waals surface area contributed by atoms with Crippen LogP contribution in [0.1, 0.15) is 12.8 Å². The topological polar surface area (TPSA) is 111 Å². The van der Waals surface area contributed by atoms with Crippen LogP contribution in [0.4, 0.5) is 14.7 Å². The molecule has 0 spiro atoms. The number of hydrogen-bond donors (Lipinski definition) is 2. The summed E-state index contributed by atoms with van der Waals surface area (Å²) in [6.07, 6.45) is -0.358. The molecule has 2 aliphatic heterocycles. The number of fused-ring (bicyclic) bond motifs is 3. The molecular formula is C17H17F2N7O2S. The van der Waals surface area contributed by atoms with E-state index in [1.165, 1.54) is 21.9 Å². The van der Waals surface area contributed by atoms with Gasteiger partial charge in [-0.1, -0.05) is 0 Å². The second-order valence-corrected chi connectivity index (χ2v) is 7.99. The maximum Gasteiger partial charge on any atom is 0.482 e. The second-order valence-electron chi connectivity index (χ2n) is 7.09. The van der Waals surface area contributed by atoms with Gasteiger partial charge in [-0.25, -0.2) is 9.50 Å². The number of nitrogens with two attached hydrogens (primary N) is 1. The predicted molar refractivity (Wildman–Crippen MR) is 101 cm³/mol. The number of rotatable bonds is 5. The average molecular weight is 421 g/mol. The van der Waals surface area contributed by atoms with Crippen molar-refractivity contribution in [2.24, 2.45) is 5.73 Å². The van der Waals surface area contributed by atoms with Crippen molar-refractivity contribution in [3.8, 4) is 16.5 Å². The first kappa shape index (κ1) is 18.2. The molecule has 0 aliphatic carbocycles. The molecule has 2 fully saturated rings. The van der Waals surface area contributed by atoms with Gasteiger partial charge in [0.25, 0.3) is 0 Å². The van der Waals surface area contributed by atoms with Gasteiger partial charge in [0.1, 0.15) is 10.7 Å². The molecule has 12 heteroatoms. The maximum atomic E-state index is 13.8. The number of carbonyl (C=O) groups is 1. The first-order valence-electron chi connectivity index (χ1n) is 9.08. The molecule has 2 unspecified atom stereocenters. The Labute approximate surface area is 167 Å². The third-order valence-corrected chi connectivity index (χ3v) is 5.91. The Kier molecular flexibility index (Phi) is 4.13. The molecule has 2 aliphatic rings. The van der Waals surface area contributed by atoms with Crippen molar-refractivity contribution < 1.29 is 18.3 Å². The van der Waals surface area contributed by atoms with Crippen LogP contribution < -0.4 is 20.7 Å². The minimum Gasteiger partial charge on any atom is -0.421 e. The highest BCUT2D eigenvalue weighted by atomic mass is 32.1. The fraction of sp³-hybridized carbons (Fsp3) is 0.412. The molecule has 2 atom stereocenters. The number of nitrogens with one attached hydrogen (secondary N) is 1. The smallest absolute Gasteiger partial charge is 0.421 e. The number of ether oxygens (including phenoxy) is 1. The second kappa shape index (κ2) is 6.59. The number of aromatic nitrogens is 4. The zero-order valence-corrected chi connectivity index (χ0v) is 15.9. The number of anilines is 1. The molecule has 9 nitrogen and oxygen atoms in total. The lowest BCUT2D eigenvalue weighted by Gasteiger charge is -2.31. The van der Waals surface area contributed by atoms with E-state index in [4.69, 9.17) is 5.73 Å². The lowest BCUT2D eigenvalue weighted by atomic mass is 10.2. The summed E-state index contributed by atoms with van der Waals surface area (Å²) < 4.78 is 33.7. The zero-order valence-electron chi connectivity index (χ0n) is 15.1. The highest BCUT2D eigenvalue weighted by Gasteiger charge is 2.41. The number of primary amides is 1. The molecule has 152 valence electrons. The van der Waals surface area contributed by atoms with E-state index in [1.54, 1.807) is 17.6 Å². The van der Waals surface area contributed by atoms with E-state index < -0.39 is 12.0 Å². The highest BCUT2D eigenvalue weighted by Crippen LogP contribution is 2.32. The number of alkyl halides is 2. The van der Waals surface area contributed by atoms with Crippen molar-refractivity contribution in [3.63, 3.8) is 0 Å². The van der Waals surface area contributed by atoms with Gasteiger partial charge in [-0.05, 0) is 25.0 Å². The largest absolute Gasteiger partial charge is 0.482 e.